The second kappa shape index (κ2) is 6.09. The first-order chi connectivity index (χ1) is 9.58. The summed E-state index contributed by atoms with van der Waals surface area (Å²) in [5, 5.41) is 11.8. The number of amides is 1. The molecule has 1 aliphatic rings. The Morgan fingerprint density at radius 3 is 2.75 bits per heavy atom. The summed E-state index contributed by atoms with van der Waals surface area (Å²) >= 11 is 0. The minimum atomic E-state index is -0.393. The van der Waals surface area contributed by atoms with Crippen molar-refractivity contribution in [1.82, 2.24) is 5.32 Å². The van der Waals surface area contributed by atoms with E-state index in [-0.39, 0.29) is 11.9 Å². The van der Waals surface area contributed by atoms with Crippen LogP contribution in [0.1, 0.15) is 50.2 Å². The van der Waals surface area contributed by atoms with E-state index in [1.165, 1.54) is 5.56 Å². The van der Waals surface area contributed by atoms with Gasteiger partial charge < -0.3 is 5.32 Å². The van der Waals surface area contributed by atoms with E-state index >= 15 is 0 Å². The molecule has 20 heavy (non-hydrogen) atoms. The second-order valence-electron chi connectivity index (χ2n) is 5.90. The number of rotatable bonds is 4. The molecule has 0 bridgehead atoms. The summed E-state index contributed by atoms with van der Waals surface area (Å²) in [5.74, 6) is 0.0864. The lowest BCUT2D eigenvalue weighted by Crippen LogP contribution is -2.46. The molecular weight excluding hydrogens is 248 g/mol. The Labute approximate surface area is 121 Å². The first-order valence-electron chi connectivity index (χ1n) is 7.33. The van der Waals surface area contributed by atoms with Crippen molar-refractivity contribution in [1.29, 1.82) is 5.26 Å². The molecule has 1 amide bonds. The molecule has 1 aromatic rings. The van der Waals surface area contributed by atoms with E-state index in [2.05, 4.69) is 36.5 Å². The second-order valence-corrected chi connectivity index (χ2v) is 5.90. The van der Waals surface area contributed by atoms with Crippen LogP contribution in [0.15, 0.2) is 24.3 Å². The summed E-state index contributed by atoms with van der Waals surface area (Å²) < 4.78 is 0. The van der Waals surface area contributed by atoms with Gasteiger partial charge in [-0.05, 0) is 32.3 Å². The number of carbonyl (C=O) groups is 1. The fraction of sp³-hybridized carbons (Fsp3) is 0.529. The summed E-state index contributed by atoms with van der Waals surface area (Å²) in [6, 6.07) is 10.3. The molecule has 0 heterocycles. The van der Waals surface area contributed by atoms with Gasteiger partial charge in [-0.25, -0.2) is 0 Å². The summed E-state index contributed by atoms with van der Waals surface area (Å²) in [6.07, 6.45) is 4.35. The molecule has 1 unspecified atom stereocenters. The number of aryl methyl sites for hydroxylation is 1. The molecule has 1 fully saturated rings. The third-order valence-electron chi connectivity index (χ3n) is 4.24. The van der Waals surface area contributed by atoms with Crippen LogP contribution in [0, 0.1) is 18.3 Å². The fourth-order valence-electron chi connectivity index (χ4n) is 3.12. The highest BCUT2D eigenvalue weighted by atomic mass is 16.2. The lowest BCUT2D eigenvalue weighted by molar-refractivity contribution is -0.127. The van der Waals surface area contributed by atoms with Crippen molar-refractivity contribution >= 4 is 5.91 Å². The smallest absolute Gasteiger partial charge is 0.230 e. The van der Waals surface area contributed by atoms with Gasteiger partial charge in [0.15, 0.2) is 0 Å². The Morgan fingerprint density at radius 1 is 1.45 bits per heavy atom. The van der Waals surface area contributed by atoms with Gasteiger partial charge in [0.1, 0.15) is 0 Å². The molecule has 1 aliphatic carbocycles. The molecule has 3 heteroatoms. The zero-order chi connectivity index (χ0) is 14.6. The average Bonchev–Trinajstić information content (AvgIpc) is 2.89. The summed E-state index contributed by atoms with van der Waals surface area (Å²) in [6.45, 7) is 3.95. The molecule has 0 aromatic heterocycles. The maximum Gasteiger partial charge on any atom is 0.230 e. The maximum atomic E-state index is 12.7. The van der Waals surface area contributed by atoms with Gasteiger partial charge >= 0.3 is 0 Å². The molecule has 1 atom stereocenters. The van der Waals surface area contributed by atoms with E-state index in [4.69, 9.17) is 5.26 Å². The van der Waals surface area contributed by atoms with Crippen molar-refractivity contribution in [3.05, 3.63) is 35.4 Å². The van der Waals surface area contributed by atoms with E-state index in [0.717, 1.165) is 31.2 Å². The number of nitriles is 1. The maximum absolute atomic E-state index is 12.7. The predicted octanol–water partition coefficient (Wildman–Crippen LogP) is 3.23. The Balaban J connectivity index is 2.26. The van der Waals surface area contributed by atoms with Gasteiger partial charge in [0.25, 0.3) is 0 Å². The monoisotopic (exact) mass is 270 g/mol. The van der Waals surface area contributed by atoms with E-state index in [1.807, 2.05) is 13.0 Å². The lowest BCUT2D eigenvalue weighted by atomic mass is 9.77. The molecule has 2 rings (SSSR count). The summed E-state index contributed by atoms with van der Waals surface area (Å²) in [5.41, 5.74) is 1.92. The van der Waals surface area contributed by atoms with Crippen LogP contribution in [-0.2, 0) is 10.2 Å². The lowest BCUT2D eigenvalue weighted by Gasteiger charge is -2.30. The van der Waals surface area contributed by atoms with E-state index < -0.39 is 5.41 Å². The SMILES string of the molecule is Cc1cccc(C2(C(=O)NC(C)CC#N)CCCC2)c1. The van der Waals surface area contributed by atoms with Crippen molar-refractivity contribution in [2.75, 3.05) is 0 Å². The molecule has 1 N–H and O–H groups in total. The number of hydrogen-bond donors (Lipinski definition) is 1. The third-order valence-corrected chi connectivity index (χ3v) is 4.24. The van der Waals surface area contributed by atoms with Gasteiger partial charge in [0.05, 0.1) is 17.9 Å². The van der Waals surface area contributed by atoms with Crippen molar-refractivity contribution in [2.24, 2.45) is 0 Å². The van der Waals surface area contributed by atoms with Crippen LogP contribution in [0.2, 0.25) is 0 Å². The minimum Gasteiger partial charge on any atom is -0.352 e. The molecule has 1 aromatic carbocycles. The largest absolute Gasteiger partial charge is 0.352 e. The first-order valence-corrected chi connectivity index (χ1v) is 7.33. The number of nitrogens with zero attached hydrogens (tertiary/aromatic N) is 1. The number of hydrogen-bond acceptors (Lipinski definition) is 2. The quantitative estimate of drug-likeness (QED) is 0.913. The highest BCUT2D eigenvalue weighted by Gasteiger charge is 2.42. The summed E-state index contributed by atoms with van der Waals surface area (Å²) in [4.78, 5) is 12.7. The van der Waals surface area contributed by atoms with Crippen LogP contribution < -0.4 is 5.32 Å². The zero-order valence-electron chi connectivity index (χ0n) is 12.3. The Bertz CT molecular complexity index is 524. The average molecular weight is 270 g/mol. The topological polar surface area (TPSA) is 52.9 Å². The van der Waals surface area contributed by atoms with Crippen LogP contribution in [-0.4, -0.2) is 11.9 Å². The van der Waals surface area contributed by atoms with Gasteiger partial charge in [-0.15, -0.1) is 0 Å². The molecule has 0 aliphatic heterocycles. The number of benzene rings is 1. The molecule has 1 saturated carbocycles. The van der Waals surface area contributed by atoms with Gasteiger partial charge in [0, 0.05) is 6.04 Å². The molecule has 106 valence electrons. The summed E-state index contributed by atoms with van der Waals surface area (Å²) in [7, 11) is 0. The highest BCUT2D eigenvalue weighted by Crippen LogP contribution is 2.41. The predicted molar refractivity (Wildman–Crippen MR) is 79.2 cm³/mol. The third kappa shape index (κ3) is 2.85. The van der Waals surface area contributed by atoms with Crippen molar-refractivity contribution in [2.45, 2.75) is 57.4 Å². The van der Waals surface area contributed by atoms with Crippen LogP contribution in [0.3, 0.4) is 0 Å². The number of carbonyl (C=O) groups excluding carboxylic acids is 1. The minimum absolute atomic E-state index is 0.0864. The van der Waals surface area contributed by atoms with Crippen LogP contribution in [0.5, 0.6) is 0 Å². The Morgan fingerprint density at radius 2 is 2.15 bits per heavy atom. The molecular formula is C17H22N2O. The van der Waals surface area contributed by atoms with E-state index in [1.54, 1.807) is 0 Å². The van der Waals surface area contributed by atoms with Gasteiger partial charge in [0.2, 0.25) is 5.91 Å². The van der Waals surface area contributed by atoms with Gasteiger partial charge in [-0.1, -0.05) is 42.7 Å². The van der Waals surface area contributed by atoms with E-state index in [9.17, 15) is 4.79 Å². The molecule has 0 spiro atoms. The number of nitrogens with one attached hydrogen (secondary N) is 1. The Kier molecular flexibility index (Phi) is 4.44. The van der Waals surface area contributed by atoms with Crippen LogP contribution >= 0.6 is 0 Å². The highest BCUT2D eigenvalue weighted by molar-refractivity contribution is 5.88. The fourth-order valence-corrected chi connectivity index (χ4v) is 3.12. The van der Waals surface area contributed by atoms with Gasteiger partial charge in [-0.3, -0.25) is 4.79 Å². The zero-order valence-corrected chi connectivity index (χ0v) is 12.3. The van der Waals surface area contributed by atoms with Crippen LogP contribution in [0.25, 0.3) is 0 Å². The first kappa shape index (κ1) is 14.6. The van der Waals surface area contributed by atoms with Gasteiger partial charge in [-0.2, -0.15) is 5.26 Å². The van der Waals surface area contributed by atoms with E-state index in [0.29, 0.717) is 6.42 Å². The molecule has 3 nitrogen and oxygen atoms in total. The van der Waals surface area contributed by atoms with Crippen LogP contribution in [0.4, 0.5) is 0 Å². The van der Waals surface area contributed by atoms with Crippen molar-refractivity contribution in [3.63, 3.8) is 0 Å². The normalized spacial score (nSPS) is 18.2. The Hall–Kier alpha value is -1.82. The molecule has 0 radical (unpaired) electrons. The molecule has 0 saturated heterocycles. The van der Waals surface area contributed by atoms with Crippen molar-refractivity contribution < 1.29 is 4.79 Å². The van der Waals surface area contributed by atoms with Crippen molar-refractivity contribution in [3.8, 4) is 6.07 Å². The standard InChI is InChI=1S/C17H22N2O/c1-13-6-5-7-15(12-13)17(9-3-4-10-17)16(20)19-14(2)8-11-18/h5-7,12,14H,3-4,8-10H2,1-2H3,(H,19,20).